The molecular weight excluding hydrogens is 378 g/mol. The summed E-state index contributed by atoms with van der Waals surface area (Å²) in [5.41, 5.74) is 1.23. The minimum Gasteiger partial charge on any atom is -0.487 e. The van der Waals surface area contributed by atoms with E-state index in [2.05, 4.69) is 41.8 Å². The van der Waals surface area contributed by atoms with E-state index in [1.54, 1.807) is 0 Å². The summed E-state index contributed by atoms with van der Waals surface area (Å²) in [5, 5.41) is 7.12. The van der Waals surface area contributed by atoms with Gasteiger partial charge >= 0.3 is 0 Å². The van der Waals surface area contributed by atoms with Gasteiger partial charge in [0.2, 0.25) is 0 Å². The predicted molar refractivity (Wildman–Crippen MR) is 119 cm³/mol. The summed E-state index contributed by atoms with van der Waals surface area (Å²) in [6, 6.07) is 8.68. The lowest BCUT2D eigenvalue weighted by Crippen LogP contribution is -2.46. The summed E-state index contributed by atoms with van der Waals surface area (Å²) >= 11 is 0. The highest BCUT2D eigenvalue weighted by molar-refractivity contribution is 5.80. The van der Waals surface area contributed by atoms with E-state index in [0.717, 1.165) is 83.3 Å². The number of nitrogens with zero attached hydrogens (tertiary/aromatic N) is 1. The van der Waals surface area contributed by atoms with Crippen molar-refractivity contribution in [2.75, 3.05) is 39.5 Å². The van der Waals surface area contributed by atoms with E-state index in [0.29, 0.717) is 5.92 Å². The molecule has 6 heteroatoms. The highest BCUT2D eigenvalue weighted by Crippen LogP contribution is 2.46. The van der Waals surface area contributed by atoms with Crippen LogP contribution in [0.15, 0.2) is 29.3 Å². The molecular formula is C24H37N3O3. The number of ether oxygens (including phenoxy) is 3. The van der Waals surface area contributed by atoms with Crippen molar-refractivity contribution in [2.45, 2.75) is 63.5 Å². The molecule has 2 fully saturated rings. The number of benzene rings is 1. The van der Waals surface area contributed by atoms with Crippen LogP contribution in [0.3, 0.4) is 0 Å². The normalized spacial score (nSPS) is 25.2. The van der Waals surface area contributed by atoms with Crippen molar-refractivity contribution in [1.82, 2.24) is 10.6 Å². The van der Waals surface area contributed by atoms with Crippen molar-refractivity contribution >= 4 is 5.96 Å². The first kappa shape index (κ1) is 21.4. The second-order valence-corrected chi connectivity index (χ2v) is 8.85. The van der Waals surface area contributed by atoms with Crippen LogP contribution in [0.1, 0.15) is 63.5 Å². The largest absolute Gasteiger partial charge is 0.487 e. The van der Waals surface area contributed by atoms with Gasteiger partial charge in [-0.25, -0.2) is 0 Å². The topological polar surface area (TPSA) is 64.1 Å². The van der Waals surface area contributed by atoms with Crippen LogP contribution >= 0.6 is 0 Å². The molecule has 4 rings (SSSR count). The van der Waals surface area contributed by atoms with Crippen LogP contribution in [-0.4, -0.2) is 51.1 Å². The molecule has 0 bridgehead atoms. The number of fused-ring (bicyclic) bond motifs is 1. The SMILES string of the molecule is CCNC(=NCCCOCC1CCOC1)NC1CC2(CCCC2)Oc2ccccc21. The van der Waals surface area contributed by atoms with E-state index in [9.17, 15) is 0 Å². The Morgan fingerprint density at radius 3 is 2.93 bits per heavy atom. The molecule has 2 N–H and O–H groups in total. The molecule has 2 unspecified atom stereocenters. The minimum absolute atomic E-state index is 0.0128. The number of nitrogens with one attached hydrogen (secondary N) is 2. The van der Waals surface area contributed by atoms with E-state index in [1.165, 1.54) is 18.4 Å². The maximum absolute atomic E-state index is 6.49. The van der Waals surface area contributed by atoms with Crippen molar-refractivity contribution in [3.8, 4) is 5.75 Å². The van der Waals surface area contributed by atoms with Crippen molar-refractivity contribution in [3.05, 3.63) is 29.8 Å². The molecule has 1 aromatic carbocycles. The lowest BCUT2D eigenvalue weighted by molar-refractivity contribution is 0.0396. The van der Waals surface area contributed by atoms with Gasteiger partial charge < -0.3 is 24.8 Å². The summed E-state index contributed by atoms with van der Waals surface area (Å²) in [6.07, 6.45) is 7.87. The van der Waals surface area contributed by atoms with Gasteiger partial charge in [-0.15, -0.1) is 0 Å². The fourth-order valence-electron chi connectivity index (χ4n) is 4.88. The first-order valence-electron chi connectivity index (χ1n) is 11.8. The summed E-state index contributed by atoms with van der Waals surface area (Å²) in [7, 11) is 0. The second kappa shape index (κ2) is 10.5. The predicted octanol–water partition coefficient (Wildman–Crippen LogP) is 3.82. The fourth-order valence-corrected chi connectivity index (χ4v) is 4.88. The van der Waals surface area contributed by atoms with Gasteiger partial charge in [-0.3, -0.25) is 4.99 Å². The maximum atomic E-state index is 6.49. The third kappa shape index (κ3) is 5.46. The van der Waals surface area contributed by atoms with E-state index in [4.69, 9.17) is 19.2 Å². The number of rotatable bonds is 8. The molecule has 166 valence electrons. The Hall–Kier alpha value is -1.79. The summed E-state index contributed by atoms with van der Waals surface area (Å²) in [6.45, 7) is 7.01. The van der Waals surface area contributed by atoms with Crippen LogP contribution < -0.4 is 15.4 Å². The minimum atomic E-state index is -0.0128. The molecule has 0 radical (unpaired) electrons. The monoisotopic (exact) mass is 415 g/mol. The summed E-state index contributed by atoms with van der Waals surface area (Å²) < 4.78 is 17.7. The highest BCUT2D eigenvalue weighted by Gasteiger charge is 2.43. The molecule has 0 amide bonds. The number of guanidine groups is 1. The van der Waals surface area contributed by atoms with Crippen LogP contribution in [0.25, 0.3) is 0 Å². The number of aliphatic imine (C=N–C) groups is 1. The molecule has 1 aromatic rings. The number of hydrogen-bond donors (Lipinski definition) is 2. The number of hydrogen-bond acceptors (Lipinski definition) is 4. The first-order chi connectivity index (χ1) is 14.8. The third-order valence-electron chi connectivity index (χ3n) is 6.46. The van der Waals surface area contributed by atoms with Crippen LogP contribution in [0.2, 0.25) is 0 Å². The maximum Gasteiger partial charge on any atom is 0.191 e. The molecule has 1 saturated heterocycles. The number of para-hydroxylation sites is 1. The quantitative estimate of drug-likeness (QED) is 0.384. The van der Waals surface area contributed by atoms with Crippen molar-refractivity contribution in [2.24, 2.45) is 10.9 Å². The van der Waals surface area contributed by atoms with Gasteiger partial charge in [-0.05, 0) is 51.5 Å². The summed E-state index contributed by atoms with van der Waals surface area (Å²) in [5.74, 6) is 2.49. The van der Waals surface area contributed by atoms with Gasteiger partial charge in [0.1, 0.15) is 11.4 Å². The zero-order chi connectivity index (χ0) is 20.7. The molecule has 0 aromatic heterocycles. The second-order valence-electron chi connectivity index (χ2n) is 8.85. The molecule has 1 aliphatic carbocycles. The smallest absolute Gasteiger partial charge is 0.191 e. The fraction of sp³-hybridized carbons (Fsp3) is 0.708. The van der Waals surface area contributed by atoms with Gasteiger partial charge in [-0.1, -0.05) is 18.2 Å². The average molecular weight is 416 g/mol. The van der Waals surface area contributed by atoms with Crippen molar-refractivity contribution in [3.63, 3.8) is 0 Å². The van der Waals surface area contributed by atoms with Gasteiger partial charge in [-0.2, -0.15) is 0 Å². The Balaban J connectivity index is 1.32. The molecule has 2 atom stereocenters. The van der Waals surface area contributed by atoms with E-state index in [-0.39, 0.29) is 11.6 Å². The Bertz CT molecular complexity index is 697. The first-order valence-corrected chi connectivity index (χ1v) is 11.8. The van der Waals surface area contributed by atoms with Crippen LogP contribution in [0.4, 0.5) is 0 Å². The molecule has 3 aliphatic rings. The molecule has 1 spiro atoms. The molecule has 6 nitrogen and oxygen atoms in total. The zero-order valence-electron chi connectivity index (χ0n) is 18.3. The Kier molecular flexibility index (Phi) is 7.50. The Labute approximate surface area is 180 Å². The highest BCUT2D eigenvalue weighted by atomic mass is 16.5. The molecule has 2 aliphatic heterocycles. The molecule has 30 heavy (non-hydrogen) atoms. The van der Waals surface area contributed by atoms with Gasteiger partial charge in [0, 0.05) is 44.2 Å². The average Bonchev–Trinajstić information content (AvgIpc) is 3.43. The van der Waals surface area contributed by atoms with Crippen molar-refractivity contribution in [1.29, 1.82) is 0 Å². The van der Waals surface area contributed by atoms with Crippen LogP contribution in [0, 0.1) is 5.92 Å². The molecule has 2 heterocycles. The van der Waals surface area contributed by atoms with Gasteiger partial charge in [0.25, 0.3) is 0 Å². The van der Waals surface area contributed by atoms with E-state index >= 15 is 0 Å². The summed E-state index contributed by atoms with van der Waals surface area (Å²) in [4.78, 5) is 4.81. The van der Waals surface area contributed by atoms with Crippen molar-refractivity contribution < 1.29 is 14.2 Å². The van der Waals surface area contributed by atoms with E-state index < -0.39 is 0 Å². The lowest BCUT2D eigenvalue weighted by Gasteiger charge is -2.40. The standard InChI is InChI=1S/C24H37N3O3/c1-2-25-23(26-13-7-14-28-17-19-10-15-29-18-19)27-21-16-24(11-5-6-12-24)30-22-9-4-3-8-20(21)22/h3-4,8-9,19,21H,2,5-7,10-18H2,1H3,(H2,25,26,27). The van der Waals surface area contributed by atoms with E-state index in [1.807, 2.05) is 0 Å². The molecule has 1 saturated carbocycles. The van der Waals surface area contributed by atoms with Gasteiger partial charge in [0.05, 0.1) is 19.3 Å². The lowest BCUT2D eigenvalue weighted by atomic mass is 9.86. The van der Waals surface area contributed by atoms with Crippen LogP contribution in [-0.2, 0) is 9.47 Å². The Morgan fingerprint density at radius 2 is 2.13 bits per heavy atom. The van der Waals surface area contributed by atoms with Crippen LogP contribution in [0.5, 0.6) is 5.75 Å². The van der Waals surface area contributed by atoms with Gasteiger partial charge in [0.15, 0.2) is 5.96 Å². The zero-order valence-corrected chi connectivity index (χ0v) is 18.3. The Morgan fingerprint density at radius 1 is 1.27 bits per heavy atom. The third-order valence-corrected chi connectivity index (χ3v) is 6.46.